The van der Waals surface area contributed by atoms with E-state index in [0.717, 1.165) is 25.6 Å². The quantitative estimate of drug-likeness (QED) is 0.863. The normalized spacial score (nSPS) is 27.1. The molecule has 3 N–H and O–H groups in total. The van der Waals surface area contributed by atoms with Crippen LogP contribution in [0.1, 0.15) is 31.9 Å². The molecule has 0 radical (unpaired) electrons. The van der Waals surface area contributed by atoms with Gasteiger partial charge in [0.2, 0.25) is 0 Å². The topological polar surface area (TPSA) is 49.5 Å². The van der Waals surface area contributed by atoms with Crippen molar-refractivity contribution in [3.63, 3.8) is 0 Å². The predicted octanol–water partition coefficient (Wildman–Crippen LogP) is 2.37. The van der Waals surface area contributed by atoms with Gasteiger partial charge in [-0.25, -0.2) is 0 Å². The highest BCUT2D eigenvalue weighted by atomic mass is 16.3. The number of hydrogen-bond acceptors (Lipinski definition) is 3. The molecule has 1 fully saturated rings. The van der Waals surface area contributed by atoms with Crippen LogP contribution in [0.4, 0.5) is 0 Å². The molecule has 1 aliphatic rings. The zero-order chi connectivity index (χ0) is 13.1. The highest BCUT2D eigenvalue weighted by molar-refractivity contribution is 5.27. The first-order chi connectivity index (χ1) is 8.61. The van der Waals surface area contributed by atoms with E-state index < -0.39 is 0 Å². The van der Waals surface area contributed by atoms with Crippen LogP contribution < -0.4 is 5.73 Å². The van der Waals surface area contributed by atoms with Crippen molar-refractivity contribution in [3.8, 4) is 5.75 Å². The molecular weight excluding hydrogens is 224 g/mol. The molecule has 1 aromatic rings. The first-order valence-electron chi connectivity index (χ1n) is 6.85. The first-order valence-corrected chi connectivity index (χ1v) is 6.85. The van der Waals surface area contributed by atoms with Gasteiger partial charge in [0, 0.05) is 12.6 Å². The largest absolute Gasteiger partial charge is 0.508 e. The van der Waals surface area contributed by atoms with Gasteiger partial charge in [-0.3, -0.25) is 4.90 Å². The predicted molar refractivity (Wildman–Crippen MR) is 74.4 cm³/mol. The Morgan fingerprint density at radius 2 is 2.06 bits per heavy atom. The summed E-state index contributed by atoms with van der Waals surface area (Å²) in [5.74, 6) is 1.68. The summed E-state index contributed by atoms with van der Waals surface area (Å²) in [7, 11) is 0. The fraction of sp³-hybridized carbons (Fsp3) is 0.600. The van der Waals surface area contributed by atoms with E-state index in [4.69, 9.17) is 5.73 Å². The summed E-state index contributed by atoms with van der Waals surface area (Å²) < 4.78 is 0. The van der Waals surface area contributed by atoms with Crippen molar-refractivity contribution in [2.45, 2.75) is 26.3 Å². The minimum absolute atomic E-state index is 0.332. The van der Waals surface area contributed by atoms with Crippen LogP contribution in [0.5, 0.6) is 5.75 Å². The number of rotatable bonds is 3. The maximum atomic E-state index is 9.33. The SMILES string of the molecule is CC1CCN(C(C)c2ccc(O)cc2)CC1CN. The van der Waals surface area contributed by atoms with E-state index in [9.17, 15) is 5.11 Å². The fourth-order valence-corrected chi connectivity index (χ4v) is 2.80. The number of aromatic hydroxyl groups is 1. The molecule has 100 valence electrons. The molecule has 3 atom stereocenters. The monoisotopic (exact) mass is 248 g/mol. The lowest BCUT2D eigenvalue weighted by Crippen LogP contribution is -2.43. The Labute approximate surface area is 110 Å². The molecule has 0 aliphatic carbocycles. The van der Waals surface area contributed by atoms with E-state index in [2.05, 4.69) is 18.7 Å². The van der Waals surface area contributed by atoms with E-state index in [1.54, 1.807) is 12.1 Å². The maximum absolute atomic E-state index is 9.33. The van der Waals surface area contributed by atoms with Crippen LogP contribution in [0.3, 0.4) is 0 Å². The van der Waals surface area contributed by atoms with Gasteiger partial charge in [0.25, 0.3) is 0 Å². The first kappa shape index (κ1) is 13.4. The van der Waals surface area contributed by atoms with E-state index in [1.165, 1.54) is 12.0 Å². The number of likely N-dealkylation sites (tertiary alicyclic amines) is 1. The molecule has 1 heterocycles. The van der Waals surface area contributed by atoms with E-state index >= 15 is 0 Å². The third-order valence-corrected chi connectivity index (χ3v) is 4.37. The lowest BCUT2D eigenvalue weighted by atomic mass is 9.86. The zero-order valence-electron chi connectivity index (χ0n) is 11.3. The van der Waals surface area contributed by atoms with Crippen molar-refractivity contribution in [3.05, 3.63) is 29.8 Å². The van der Waals surface area contributed by atoms with Gasteiger partial charge in [-0.1, -0.05) is 19.1 Å². The molecule has 1 saturated heterocycles. The number of nitrogens with two attached hydrogens (primary N) is 1. The molecule has 3 nitrogen and oxygen atoms in total. The van der Waals surface area contributed by atoms with E-state index in [1.807, 2.05) is 12.1 Å². The van der Waals surface area contributed by atoms with Crippen LogP contribution in [0.25, 0.3) is 0 Å². The highest BCUT2D eigenvalue weighted by Crippen LogP contribution is 2.29. The number of benzene rings is 1. The van der Waals surface area contributed by atoms with Gasteiger partial charge in [-0.15, -0.1) is 0 Å². The summed E-state index contributed by atoms with van der Waals surface area (Å²) in [5, 5.41) is 9.33. The second-order valence-electron chi connectivity index (χ2n) is 5.52. The van der Waals surface area contributed by atoms with Crippen molar-refractivity contribution in [1.29, 1.82) is 0 Å². The van der Waals surface area contributed by atoms with Gasteiger partial charge in [0.15, 0.2) is 0 Å². The maximum Gasteiger partial charge on any atom is 0.115 e. The van der Waals surface area contributed by atoms with Crippen molar-refractivity contribution in [1.82, 2.24) is 4.90 Å². The fourth-order valence-electron chi connectivity index (χ4n) is 2.80. The van der Waals surface area contributed by atoms with Crippen molar-refractivity contribution in [2.24, 2.45) is 17.6 Å². The molecular formula is C15H24N2O. The molecule has 2 rings (SSSR count). The van der Waals surface area contributed by atoms with Gasteiger partial charge in [-0.05, 0) is 56.0 Å². The van der Waals surface area contributed by atoms with Gasteiger partial charge in [0.05, 0.1) is 0 Å². The van der Waals surface area contributed by atoms with Crippen LogP contribution in [0.2, 0.25) is 0 Å². The number of hydrogen-bond donors (Lipinski definition) is 2. The van der Waals surface area contributed by atoms with E-state index in [0.29, 0.717) is 17.7 Å². The Morgan fingerprint density at radius 3 is 2.67 bits per heavy atom. The van der Waals surface area contributed by atoms with Crippen LogP contribution >= 0.6 is 0 Å². The zero-order valence-corrected chi connectivity index (χ0v) is 11.3. The van der Waals surface area contributed by atoms with Gasteiger partial charge >= 0.3 is 0 Å². The smallest absolute Gasteiger partial charge is 0.115 e. The third-order valence-electron chi connectivity index (χ3n) is 4.37. The van der Waals surface area contributed by atoms with Crippen LogP contribution in [-0.2, 0) is 0 Å². The molecule has 0 bridgehead atoms. The van der Waals surface area contributed by atoms with Gasteiger partial charge < -0.3 is 10.8 Å². The summed E-state index contributed by atoms with van der Waals surface area (Å²) in [6.07, 6.45) is 1.23. The van der Waals surface area contributed by atoms with Crippen molar-refractivity contribution in [2.75, 3.05) is 19.6 Å². The van der Waals surface area contributed by atoms with E-state index in [-0.39, 0.29) is 0 Å². The minimum atomic E-state index is 0.332. The van der Waals surface area contributed by atoms with Crippen LogP contribution in [0.15, 0.2) is 24.3 Å². The second kappa shape index (κ2) is 5.72. The molecule has 1 aromatic carbocycles. The van der Waals surface area contributed by atoms with Gasteiger partial charge in [-0.2, -0.15) is 0 Å². The Balaban J connectivity index is 2.05. The Bertz CT molecular complexity index is 377. The molecule has 0 aromatic heterocycles. The third kappa shape index (κ3) is 2.85. The molecule has 0 amide bonds. The van der Waals surface area contributed by atoms with Crippen LogP contribution in [0, 0.1) is 11.8 Å². The molecule has 18 heavy (non-hydrogen) atoms. The number of phenolic OH excluding ortho intramolecular Hbond substituents is 1. The number of phenols is 1. The molecule has 0 spiro atoms. The standard InChI is InChI=1S/C15H24N2O/c1-11-7-8-17(10-14(11)9-16)12(2)13-3-5-15(18)6-4-13/h3-6,11-12,14,18H,7-10,16H2,1-2H3. The Morgan fingerprint density at radius 1 is 1.39 bits per heavy atom. The number of piperidine rings is 1. The number of nitrogens with zero attached hydrogens (tertiary/aromatic N) is 1. The molecule has 3 unspecified atom stereocenters. The minimum Gasteiger partial charge on any atom is -0.508 e. The summed E-state index contributed by atoms with van der Waals surface area (Å²) in [6.45, 7) is 7.54. The van der Waals surface area contributed by atoms with Crippen molar-refractivity contribution >= 4 is 0 Å². The highest BCUT2D eigenvalue weighted by Gasteiger charge is 2.28. The average Bonchev–Trinajstić information content (AvgIpc) is 2.39. The molecule has 3 heteroatoms. The summed E-state index contributed by atoms with van der Waals surface area (Å²) in [6, 6.07) is 7.94. The second-order valence-corrected chi connectivity index (χ2v) is 5.52. The van der Waals surface area contributed by atoms with Crippen molar-refractivity contribution < 1.29 is 5.11 Å². The summed E-state index contributed by atoms with van der Waals surface area (Å²) >= 11 is 0. The summed E-state index contributed by atoms with van der Waals surface area (Å²) in [4.78, 5) is 2.50. The Kier molecular flexibility index (Phi) is 4.25. The Hall–Kier alpha value is -1.06. The lowest BCUT2D eigenvalue weighted by Gasteiger charge is -2.40. The van der Waals surface area contributed by atoms with Gasteiger partial charge in [0.1, 0.15) is 5.75 Å². The molecule has 0 saturated carbocycles. The lowest BCUT2D eigenvalue weighted by molar-refractivity contribution is 0.0978. The molecule has 1 aliphatic heterocycles. The summed E-state index contributed by atoms with van der Waals surface area (Å²) in [5.41, 5.74) is 7.12. The average molecular weight is 248 g/mol. The van der Waals surface area contributed by atoms with Crippen LogP contribution in [-0.4, -0.2) is 29.6 Å².